The predicted molar refractivity (Wildman–Crippen MR) is 103 cm³/mol. The van der Waals surface area contributed by atoms with E-state index in [1.54, 1.807) is 13.2 Å². The summed E-state index contributed by atoms with van der Waals surface area (Å²) in [6, 6.07) is 5.90. The molecule has 2 aliphatic carbocycles. The van der Waals surface area contributed by atoms with Gasteiger partial charge < -0.3 is 14.9 Å². The minimum Gasteiger partial charge on any atom is -0.504 e. The van der Waals surface area contributed by atoms with Gasteiger partial charge in [0, 0.05) is 12.6 Å². The molecule has 1 aliphatic heterocycles. The molecule has 4 heteroatoms. The predicted octanol–water partition coefficient (Wildman–Crippen LogP) is 3.74. The Labute approximate surface area is 157 Å². The summed E-state index contributed by atoms with van der Waals surface area (Å²) in [6.45, 7) is 2.31. The van der Waals surface area contributed by atoms with Crippen molar-refractivity contribution in [3.8, 4) is 11.5 Å². The first kappa shape index (κ1) is 18.1. The second kappa shape index (κ2) is 7.40. The van der Waals surface area contributed by atoms with Gasteiger partial charge in [-0.3, -0.25) is 4.90 Å². The van der Waals surface area contributed by atoms with E-state index in [-0.39, 0.29) is 11.8 Å². The van der Waals surface area contributed by atoms with Gasteiger partial charge in [0.2, 0.25) is 0 Å². The summed E-state index contributed by atoms with van der Waals surface area (Å²) in [5.41, 5.74) is 0.666. The maximum absolute atomic E-state index is 11.7. The van der Waals surface area contributed by atoms with Crippen LogP contribution in [0.4, 0.5) is 0 Å². The number of rotatable bonds is 6. The third kappa shape index (κ3) is 3.59. The number of likely N-dealkylation sites (tertiary alicyclic amines) is 1. The van der Waals surface area contributed by atoms with Crippen molar-refractivity contribution in [1.29, 1.82) is 0 Å². The van der Waals surface area contributed by atoms with Crippen molar-refractivity contribution in [3.63, 3.8) is 0 Å². The van der Waals surface area contributed by atoms with Gasteiger partial charge in [0.15, 0.2) is 11.5 Å². The molecule has 0 radical (unpaired) electrons. The van der Waals surface area contributed by atoms with E-state index in [2.05, 4.69) is 4.90 Å². The first-order valence-electron chi connectivity index (χ1n) is 10.4. The second-order valence-electron chi connectivity index (χ2n) is 8.72. The fourth-order valence-electron chi connectivity index (χ4n) is 5.34. The van der Waals surface area contributed by atoms with Crippen LogP contribution in [0.25, 0.3) is 0 Å². The molecule has 3 fully saturated rings. The van der Waals surface area contributed by atoms with Gasteiger partial charge in [-0.2, -0.15) is 0 Å². The number of hydrogen-bond donors (Lipinski definition) is 2. The molecule has 0 spiro atoms. The molecular weight excluding hydrogens is 326 g/mol. The highest BCUT2D eigenvalue weighted by Crippen LogP contribution is 2.46. The molecule has 0 aromatic heterocycles. The third-order valence-corrected chi connectivity index (χ3v) is 7.01. The van der Waals surface area contributed by atoms with E-state index in [0.717, 1.165) is 44.6 Å². The molecule has 1 aromatic carbocycles. The molecule has 0 bridgehead atoms. The van der Waals surface area contributed by atoms with Crippen molar-refractivity contribution >= 4 is 0 Å². The van der Waals surface area contributed by atoms with Gasteiger partial charge in [-0.15, -0.1) is 0 Å². The van der Waals surface area contributed by atoms with E-state index in [1.165, 1.54) is 37.8 Å². The summed E-state index contributed by atoms with van der Waals surface area (Å²) in [5.74, 6) is 2.06. The number of phenols is 1. The normalized spacial score (nSPS) is 32.2. The lowest BCUT2D eigenvalue weighted by atomic mass is 9.66. The average molecular weight is 360 g/mol. The number of ether oxygens (including phenoxy) is 1. The molecule has 1 saturated heterocycles. The van der Waals surface area contributed by atoms with E-state index < -0.39 is 5.60 Å². The number of aliphatic hydroxyl groups is 1. The molecule has 2 N–H and O–H groups in total. The van der Waals surface area contributed by atoms with Gasteiger partial charge in [0.05, 0.1) is 12.7 Å². The van der Waals surface area contributed by atoms with Gasteiger partial charge >= 0.3 is 0 Å². The number of nitrogens with zero attached hydrogens (tertiary/aromatic N) is 1. The van der Waals surface area contributed by atoms with Crippen LogP contribution in [-0.4, -0.2) is 47.0 Å². The lowest BCUT2D eigenvalue weighted by Gasteiger charge is -2.54. The summed E-state index contributed by atoms with van der Waals surface area (Å²) >= 11 is 0. The van der Waals surface area contributed by atoms with E-state index >= 15 is 0 Å². The van der Waals surface area contributed by atoms with Crippen LogP contribution in [-0.2, 0) is 6.42 Å². The topological polar surface area (TPSA) is 52.9 Å². The van der Waals surface area contributed by atoms with Crippen LogP contribution in [0, 0.1) is 11.8 Å². The van der Waals surface area contributed by atoms with Crippen LogP contribution >= 0.6 is 0 Å². The Morgan fingerprint density at radius 2 is 2.04 bits per heavy atom. The molecule has 3 aliphatic rings. The number of benzene rings is 1. The van der Waals surface area contributed by atoms with Crippen molar-refractivity contribution < 1.29 is 14.9 Å². The van der Waals surface area contributed by atoms with Gasteiger partial charge in [-0.25, -0.2) is 0 Å². The highest BCUT2D eigenvalue weighted by Gasteiger charge is 2.50. The minimum atomic E-state index is -0.508. The van der Waals surface area contributed by atoms with Crippen molar-refractivity contribution in [2.24, 2.45) is 11.8 Å². The first-order chi connectivity index (χ1) is 12.6. The fourth-order valence-corrected chi connectivity index (χ4v) is 5.34. The number of piperidine rings is 1. The number of aryl methyl sites for hydroxylation is 1. The quantitative estimate of drug-likeness (QED) is 0.812. The molecule has 26 heavy (non-hydrogen) atoms. The molecular formula is C22H33NO3. The summed E-state index contributed by atoms with van der Waals surface area (Å²) in [5, 5.41) is 21.5. The largest absolute Gasteiger partial charge is 0.504 e. The summed E-state index contributed by atoms with van der Waals surface area (Å²) in [7, 11) is 1.59. The van der Waals surface area contributed by atoms with Crippen LogP contribution in [0.15, 0.2) is 18.2 Å². The molecule has 3 atom stereocenters. The highest BCUT2D eigenvalue weighted by atomic mass is 16.5. The van der Waals surface area contributed by atoms with Crippen LogP contribution in [0.5, 0.6) is 11.5 Å². The maximum Gasteiger partial charge on any atom is 0.160 e. The zero-order valence-corrected chi connectivity index (χ0v) is 16.0. The Kier molecular flexibility index (Phi) is 5.15. The first-order valence-corrected chi connectivity index (χ1v) is 10.4. The van der Waals surface area contributed by atoms with Crippen LogP contribution in [0.1, 0.15) is 56.9 Å². The lowest BCUT2D eigenvalue weighted by molar-refractivity contribution is -0.143. The van der Waals surface area contributed by atoms with Crippen LogP contribution in [0.2, 0.25) is 0 Å². The smallest absolute Gasteiger partial charge is 0.160 e. The molecule has 1 heterocycles. The Hall–Kier alpha value is -1.26. The molecule has 4 rings (SSSR count). The van der Waals surface area contributed by atoms with Gasteiger partial charge in [0.1, 0.15) is 0 Å². The van der Waals surface area contributed by atoms with Crippen molar-refractivity contribution in [2.45, 2.75) is 69.4 Å². The van der Waals surface area contributed by atoms with Crippen LogP contribution < -0.4 is 4.74 Å². The standard InChI is InChI=1S/C22H33NO3/c1-26-20-14-16(7-9-19(20)24)8-10-21-22(25)12-3-2-4-18(22)11-13-23(21)15-17-5-6-17/h7,9,14,17-18,21,24-25H,2-6,8,10-13,15H2,1H3/t18?,21-,22?/m1/s1. The van der Waals surface area contributed by atoms with E-state index in [0.29, 0.717) is 11.7 Å². The third-order valence-electron chi connectivity index (χ3n) is 7.01. The summed E-state index contributed by atoms with van der Waals surface area (Å²) < 4.78 is 5.26. The van der Waals surface area contributed by atoms with E-state index in [9.17, 15) is 10.2 Å². The maximum atomic E-state index is 11.7. The summed E-state index contributed by atoms with van der Waals surface area (Å²) in [6.07, 6.45) is 10.4. The Bertz CT molecular complexity index is 630. The average Bonchev–Trinajstić information content (AvgIpc) is 3.45. The molecule has 0 amide bonds. The zero-order chi connectivity index (χ0) is 18.1. The van der Waals surface area contributed by atoms with Gasteiger partial charge in [-0.1, -0.05) is 18.9 Å². The Morgan fingerprint density at radius 3 is 2.81 bits per heavy atom. The molecule has 144 valence electrons. The highest BCUT2D eigenvalue weighted by molar-refractivity contribution is 5.41. The molecule has 2 unspecified atom stereocenters. The van der Waals surface area contributed by atoms with Gasteiger partial charge in [0.25, 0.3) is 0 Å². The number of methoxy groups -OCH3 is 1. The van der Waals surface area contributed by atoms with Gasteiger partial charge in [-0.05, 0) is 81.0 Å². The molecule has 4 nitrogen and oxygen atoms in total. The van der Waals surface area contributed by atoms with E-state index in [4.69, 9.17) is 4.74 Å². The molecule has 2 saturated carbocycles. The summed E-state index contributed by atoms with van der Waals surface area (Å²) in [4.78, 5) is 2.61. The second-order valence-corrected chi connectivity index (χ2v) is 8.72. The van der Waals surface area contributed by atoms with Crippen molar-refractivity contribution in [3.05, 3.63) is 23.8 Å². The van der Waals surface area contributed by atoms with Crippen LogP contribution in [0.3, 0.4) is 0 Å². The van der Waals surface area contributed by atoms with Crippen molar-refractivity contribution in [2.75, 3.05) is 20.2 Å². The zero-order valence-electron chi connectivity index (χ0n) is 16.0. The van der Waals surface area contributed by atoms with E-state index in [1.807, 2.05) is 12.1 Å². The minimum absolute atomic E-state index is 0.190. The fraction of sp³-hybridized carbons (Fsp3) is 0.727. The molecule has 1 aromatic rings. The Morgan fingerprint density at radius 1 is 1.19 bits per heavy atom. The number of hydrogen-bond acceptors (Lipinski definition) is 4. The number of phenolic OH excluding ortho intramolecular Hbond substituents is 1. The number of aromatic hydroxyl groups is 1. The Balaban J connectivity index is 1.51. The van der Waals surface area contributed by atoms with Crippen molar-refractivity contribution in [1.82, 2.24) is 4.90 Å². The lowest BCUT2D eigenvalue weighted by Crippen LogP contribution is -2.62. The monoisotopic (exact) mass is 359 g/mol. The SMILES string of the molecule is COc1cc(CC[C@H]2N(CC3CC3)CCC3CCCCC32O)ccc1O. The number of fused-ring (bicyclic) bond motifs is 1.